The number of fused-ring (bicyclic) bond motifs is 1. The summed E-state index contributed by atoms with van der Waals surface area (Å²) in [6, 6.07) is 15.1. The molecule has 0 saturated carbocycles. The number of piperazine rings is 1. The summed E-state index contributed by atoms with van der Waals surface area (Å²) in [5, 5.41) is 5.36. The Bertz CT molecular complexity index is 1200. The fourth-order valence-corrected chi connectivity index (χ4v) is 4.62. The monoisotopic (exact) mass is 415 g/mol. The minimum atomic E-state index is 0.814. The lowest BCUT2D eigenvalue weighted by molar-refractivity contribution is 0.249. The van der Waals surface area contributed by atoms with Gasteiger partial charge in [-0.1, -0.05) is 35.5 Å². The topological polar surface area (TPSA) is 50.3 Å². The number of anilines is 1. The zero-order chi connectivity index (χ0) is 21.5. The number of hydrogen-bond acceptors (Lipinski definition) is 5. The highest BCUT2D eigenvalue weighted by molar-refractivity contribution is 5.94. The van der Waals surface area contributed by atoms with Crippen LogP contribution in [0.3, 0.4) is 0 Å². The van der Waals surface area contributed by atoms with Crippen LogP contribution in [0.5, 0.6) is 0 Å². The van der Waals surface area contributed by atoms with Crippen LogP contribution < -0.4 is 4.90 Å². The second-order valence-corrected chi connectivity index (χ2v) is 8.56. The minimum Gasteiger partial charge on any atom is -0.361 e. The summed E-state index contributed by atoms with van der Waals surface area (Å²) in [5.41, 5.74) is 6.63. The van der Waals surface area contributed by atoms with Crippen molar-refractivity contribution in [2.24, 2.45) is 7.05 Å². The molecule has 5 rings (SSSR count). The summed E-state index contributed by atoms with van der Waals surface area (Å²) < 4.78 is 7.68. The largest absolute Gasteiger partial charge is 0.361 e. The van der Waals surface area contributed by atoms with Gasteiger partial charge in [-0.05, 0) is 38.5 Å². The van der Waals surface area contributed by atoms with Gasteiger partial charge in [-0.15, -0.1) is 0 Å². The molecule has 4 aromatic rings. The normalized spacial score (nSPS) is 15.2. The lowest BCUT2D eigenvalue weighted by atomic mass is 10.1. The van der Waals surface area contributed by atoms with E-state index >= 15 is 0 Å². The van der Waals surface area contributed by atoms with E-state index in [1.54, 1.807) is 0 Å². The second kappa shape index (κ2) is 7.85. The van der Waals surface area contributed by atoms with Crippen LogP contribution in [0.2, 0.25) is 0 Å². The highest BCUT2D eigenvalue weighted by Crippen LogP contribution is 2.34. The van der Waals surface area contributed by atoms with Crippen molar-refractivity contribution in [1.82, 2.24) is 19.6 Å². The molecule has 1 aromatic carbocycles. The van der Waals surface area contributed by atoms with E-state index in [-0.39, 0.29) is 0 Å². The molecule has 0 bridgehead atoms. The lowest BCUT2D eigenvalue weighted by Crippen LogP contribution is -2.46. The van der Waals surface area contributed by atoms with Gasteiger partial charge in [0.15, 0.2) is 0 Å². The van der Waals surface area contributed by atoms with E-state index in [1.807, 2.05) is 13.8 Å². The summed E-state index contributed by atoms with van der Waals surface area (Å²) in [6.45, 7) is 11.1. The lowest BCUT2D eigenvalue weighted by Gasteiger charge is -2.36. The van der Waals surface area contributed by atoms with Crippen molar-refractivity contribution in [2.45, 2.75) is 27.3 Å². The van der Waals surface area contributed by atoms with Gasteiger partial charge in [0, 0.05) is 50.9 Å². The van der Waals surface area contributed by atoms with E-state index in [1.165, 1.54) is 22.2 Å². The highest BCUT2D eigenvalue weighted by atomic mass is 16.5. The van der Waals surface area contributed by atoms with Gasteiger partial charge in [0.25, 0.3) is 0 Å². The molecule has 4 heterocycles. The van der Waals surface area contributed by atoms with Gasteiger partial charge in [0.1, 0.15) is 11.6 Å². The number of rotatable bonds is 4. The van der Waals surface area contributed by atoms with Gasteiger partial charge >= 0.3 is 0 Å². The molecule has 6 nitrogen and oxygen atoms in total. The van der Waals surface area contributed by atoms with Crippen molar-refractivity contribution in [3.05, 3.63) is 65.2 Å². The zero-order valence-corrected chi connectivity index (χ0v) is 18.7. The Balaban J connectivity index is 1.47. The molecular weight excluding hydrogens is 386 g/mol. The smallest absolute Gasteiger partial charge is 0.143 e. The van der Waals surface area contributed by atoms with Crippen LogP contribution in [0, 0.1) is 20.8 Å². The molecule has 0 radical (unpaired) electrons. The summed E-state index contributed by atoms with van der Waals surface area (Å²) in [5.74, 6) is 1.88. The van der Waals surface area contributed by atoms with Crippen LogP contribution in [0.4, 0.5) is 5.82 Å². The van der Waals surface area contributed by atoms with Gasteiger partial charge in [-0.2, -0.15) is 0 Å². The molecule has 0 N–H and O–H groups in total. The van der Waals surface area contributed by atoms with Crippen LogP contribution in [-0.2, 0) is 13.6 Å². The number of nitrogens with zero attached hydrogens (tertiary/aromatic N) is 5. The Morgan fingerprint density at radius 1 is 0.968 bits per heavy atom. The van der Waals surface area contributed by atoms with Crippen molar-refractivity contribution in [3.63, 3.8) is 0 Å². The average molecular weight is 416 g/mol. The molecule has 0 unspecified atom stereocenters. The first kappa shape index (κ1) is 19.8. The van der Waals surface area contributed by atoms with E-state index in [9.17, 15) is 0 Å². The van der Waals surface area contributed by atoms with Crippen LogP contribution in [0.15, 0.2) is 47.0 Å². The Hall–Kier alpha value is -3.12. The molecule has 1 aliphatic heterocycles. The van der Waals surface area contributed by atoms with Gasteiger partial charge in [0.2, 0.25) is 0 Å². The van der Waals surface area contributed by atoms with Gasteiger partial charge in [-0.25, -0.2) is 4.98 Å². The van der Waals surface area contributed by atoms with E-state index < -0.39 is 0 Å². The van der Waals surface area contributed by atoms with E-state index in [0.717, 1.165) is 61.3 Å². The predicted octanol–water partition coefficient (Wildman–Crippen LogP) is 4.48. The Morgan fingerprint density at radius 2 is 1.71 bits per heavy atom. The maximum Gasteiger partial charge on any atom is 0.143 e. The van der Waals surface area contributed by atoms with Crippen LogP contribution in [0.25, 0.3) is 22.2 Å². The van der Waals surface area contributed by atoms with Crippen molar-refractivity contribution in [1.29, 1.82) is 0 Å². The van der Waals surface area contributed by atoms with Crippen molar-refractivity contribution >= 4 is 16.7 Å². The third kappa shape index (κ3) is 3.61. The molecule has 1 fully saturated rings. The van der Waals surface area contributed by atoms with Gasteiger partial charge in [0.05, 0.1) is 22.5 Å². The molecular formula is C25H29N5O. The number of aryl methyl sites for hydroxylation is 4. The van der Waals surface area contributed by atoms with E-state index in [0.29, 0.717) is 0 Å². The average Bonchev–Trinajstić information content (AvgIpc) is 3.27. The highest BCUT2D eigenvalue weighted by Gasteiger charge is 2.23. The van der Waals surface area contributed by atoms with Crippen molar-refractivity contribution in [3.8, 4) is 11.3 Å². The number of benzene rings is 1. The van der Waals surface area contributed by atoms with Gasteiger partial charge < -0.3 is 14.0 Å². The van der Waals surface area contributed by atoms with Crippen LogP contribution >= 0.6 is 0 Å². The molecule has 0 aliphatic carbocycles. The molecule has 1 aliphatic rings. The molecule has 3 aromatic heterocycles. The maximum absolute atomic E-state index is 5.44. The fourth-order valence-electron chi connectivity index (χ4n) is 4.62. The summed E-state index contributed by atoms with van der Waals surface area (Å²) in [6.07, 6.45) is 0. The molecule has 6 heteroatoms. The second-order valence-electron chi connectivity index (χ2n) is 8.56. The molecule has 1 saturated heterocycles. The number of aromatic nitrogens is 3. The summed E-state index contributed by atoms with van der Waals surface area (Å²) in [7, 11) is 2.12. The standard InChI is InChI=1S/C25H29N5O/c1-17-14-21-23(28(17)4)15-22(24-18(2)27-31-19(24)3)26-25(21)30-12-10-29(11-13-30)16-20-8-6-5-7-9-20/h5-9,14-15H,10-13,16H2,1-4H3. The quantitative estimate of drug-likeness (QED) is 0.492. The molecule has 0 atom stereocenters. The third-order valence-corrected chi connectivity index (χ3v) is 6.47. The third-order valence-electron chi connectivity index (χ3n) is 6.47. The van der Waals surface area contributed by atoms with Crippen LogP contribution in [-0.4, -0.2) is 45.8 Å². The van der Waals surface area contributed by atoms with Crippen molar-refractivity contribution < 1.29 is 4.52 Å². The Morgan fingerprint density at radius 3 is 2.39 bits per heavy atom. The summed E-state index contributed by atoms with van der Waals surface area (Å²) >= 11 is 0. The Labute approximate surface area is 183 Å². The Kier molecular flexibility index (Phi) is 5.02. The molecule has 0 amide bonds. The first-order valence-corrected chi connectivity index (χ1v) is 10.9. The number of pyridine rings is 1. The number of hydrogen-bond donors (Lipinski definition) is 0. The van der Waals surface area contributed by atoms with Gasteiger partial charge in [-0.3, -0.25) is 4.90 Å². The van der Waals surface area contributed by atoms with Crippen LogP contribution in [0.1, 0.15) is 22.7 Å². The SMILES string of the molecule is Cc1noc(C)c1-c1cc2c(cc(C)n2C)c(N2CCN(Cc3ccccc3)CC2)n1. The molecule has 160 valence electrons. The predicted molar refractivity (Wildman–Crippen MR) is 124 cm³/mol. The minimum absolute atomic E-state index is 0.814. The van der Waals surface area contributed by atoms with E-state index in [2.05, 4.69) is 76.0 Å². The fraction of sp³-hybridized carbons (Fsp3) is 0.360. The summed E-state index contributed by atoms with van der Waals surface area (Å²) in [4.78, 5) is 10.1. The first-order valence-electron chi connectivity index (χ1n) is 10.9. The van der Waals surface area contributed by atoms with E-state index in [4.69, 9.17) is 9.51 Å². The first-order chi connectivity index (χ1) is 15.0. The van der Waals surface area contributed by atoms with Crippen molar-refractivity contribution in [2.75, 3.05) is 31.1 Å². The molecule has 0 spiro atoms. The molecule has 31 heavy (non-hydrogen) atoms. The maximum atomic E-state index is 5.44. The zero-order valence-electron chi connectivity index (χ0n) is 18.7.